The van der Waals surface area contributed by atoms with Crippen molar-refractivity contribution in [3.63, 3.8) is 0 Å². The molecule has 1 aliphatic rings. The lowest BCUT2D eigenvalue weighted by Gasteiger charge is -2.25. The molecule has 4 aromatic carbocycles. The van der Waals surface area contributed by atoms with Gasteiger partial charge in [-0.1, -0.05) is 78.9 Å². The normalized spacial score (nSPS) is 12.9. The summed E-state index contributed by atoms with van der Waals surface area (Å²) in [6.45, 7) is 0. The van der Waals surface area contributed by atoms with Crippen molar-refractivity contribution in [2.75, 3.05) is 4.90 Å². The standard InChI is InChI=1S/C31H25NO/c1-3-9-28(10-4-1)32(29-11-5-2-6-12-29)30-21-19-27(20-22-30)26-17-14-25(15-18-26)16-23-31-13-7-8-24-33-31/h1-6,8-24H,7H2/b23-16+. The molecule has 0 unspecified atom stereocenters. The number of rotatable bonds is 6. The van der Waals surface area contributed by atoms with Gasteiger partial charge in [-0.25, -0.2) is 0 Å². The van der Waals surface area contributed by atoms with Gasteiger partial charge >= 0.3 is 0 Å². The van der Waals surface area contributed by atoms with Crippen LogP contribution in [0.4, 0.5) is 17.1 Å². The van der Waals surface area contributed by atoms with E-state index >= 15 is 0 Å². The first-order chi connectivity index (χ1) is 16.4. The average Bonchev–Trinajstić information content (AvgIpc) is 2.90. The van der Waals surface area contributed by atoms with Gasteiger partial charge in [-0.15, -0.1) is 0 Å². The van der Waals surface area contributed by atoms with E-state index in [0.717, 1.165) is 34.8 Å². The maximum Gasteiger partial charge on any atom is 0.122 e. The van der Waals surface area contributed by atoms with E-state index in [1.54, 1.807) is 6.26 Å². The zero-order chi connectivity index (χ0) is 22.3. The third-order valence-electron chi connectivity index (χ3n) is 5.59. The minimum atomic E-state index is 0.888. The summed E-state index contributed by atoms with van der Waals surface area (Å²) in [7, 11) is 0. The summed E-state index contributed by atoms with van der Waals surface area (Å²) in [4.78, 5) is 2.27. The Morgan fingerprint density at radius 1 is 0.576 bits per heavy atom. The third-order valence-corrected chi connectivity index (χ3v) is 5.59. The fourth-order valence-electron chi connectivity index (χ4n) is 3.89. The maximum atomic E-state index is 5.48. The topological polar surface area (TPSA) is 12.5 Å². The highest BCUT2D eigenvalue weighted by atomic mass is 16.5. The molecule has 5 rings (SSSR count). The Labute approximate surface area is 195 Å². The van der Waals surface area contributed by atoms with Crippen molar-refractivity contribution in [2.45, 2.75) is 6.42 Å². The summed E-state index contributed by atoms with van der Waals surface area (Å²) in [6.07, 6.45) is 10.8. The number of allylic oxidation sites excluding steroid dienone is 3. The predicted octanol–water partition coefficient (Wildman–Crippen LogP) is 8.65. The molecule has 160 valence electrons. The van der Waals surface area contributed by atoms with Gasteiger partial charge in [0, 0.05) is 17.1 Å². The molecule has 33 heavy (non-hydrogen) atoms. The van der Waals surface area contributed by atoms with Crippen LogP contribution in [0.25, 0.3) is 17.2 Å². The zero-order valence-corrected chi connectivity index (χ0v) is 18.3. The van der Waals surface area contributed by atoms with Gasteiger partial charge in [0.2, 0.25) is 0 Å². The Morgan fingerprint density at radius 3 is 1.67 bits per heavy atom. The zero-order valence-electron chi connectivity index (χ0n) is 18.3. The molecule has 0 fully saturated rings. The van der Waals surface area contributed by atoms with E-state index in [1.807, 2.05) is 24.3 Å². The van der Waals surface area contributed by atoms with Crippen LogP contribution < -0.4 is 4.90 Å². The van der Waals surface area contributed by atoms with E-state index in [0.29, 0.717) is 0 Å². The number of benzene rings is 4. The Hall–Kier alpha value is -4.30. The van der Waals surface area contributed by atoms with Crippen LogP contribution in [0.5, 0.6) is 0 Å². The molecule has 0 N–H and O–H groups in total. The van der Waals surface area contributed by atoms with E-state index in [2.05, 4.69) is 114 Å². The lowest BCUT2D eigenvalue weighted by Crippen LogP contribution is -2.09. The smallest absolute Gasteiger partial charge is 0.122 e. The summed E-state index contributed by atoms with van der Waals surface area (Å²) in [5, 5.41) is 0. The van der Waals surface area contributed by atoms with Crippen LogP contribution in [0.3, 0.4) is 0 Å². The summed E-state index contributed by atoms with van der Waals surface area (Å²) >= 11 is 0. The van der Waals surface area contributed by atoms with Crippen molar-refractivity contribution >= 4 is 23.1 Å². The van der Waals surface area contributed by atoms with E-state index in [1.165, 1.54) is 11.1 Å². The number of hydrogen-bond acceptors (Lipinski definition) is 2. The van der Waals surface area contributed by atoms with Crippen molar-refractivity contribution in [1.82, 2.24) is 0 Å². The SMILES string of the molecule is C1=COC(/C=C/c2ccc(-c3ccc(N(c4ccccc4)c4ccccc4)cc3)cc2)=CC1. The molecule has 2 nitrogen and oxygen atoms in total. The first-order valence-corrected chi connectivity index (χ1v) is 11.2. The van der Waals surface area contributed by atoms with Crippen LogP contribution in [0.2, 0.25) is 0 Å². The van der Waals surface area contributed by atoms with Gasteiger partial charge in [0.25, 0.3) is 0 Å². The van der Waals surface area contributed by atoms with E-state index in [4.69, 9.17) is 4.74 Å². The molecule has 4 aromatic rings. The number of anilines is 3. The van der Waals surface area contributed by atoms with E-state index in [9.17, 15) is 0 Å². The highest BCUT2D eigenvalue weighted by Crippen LogP contribution is 2.35. The summed E-state index contributed by atoms with van der Waals surface area (Å²) in [6, 6.07) is 38.3. The predicted molar refractivity (Wildman–Crippen MR) is 139 cm³/mol. The summed E-state index contributed by atoms with van der Waals surface area (Å²) in [5.74, 6) is 0.888. The molecular formula is C31H25NO. The van der Waals surface area contributed by atoms with Gasteiger partial charge in [-0.2, -0.15) is 0 Å². The Kier molecular flexibility index (Phi) is 6.17. The quantitative estimate of drug-likeness (QED) is 0.305. The molecule has 0 aliphatic carbocycles. The first kappa shape index (κ1) is 20.6. The van der Waals surface area contributed by atoms with Crippen LogP contribution in [0.15, 0.2) is 139 Å². The number of hydrogen-bond donors (Lipinski definition) is 0. The lowest BCUT2D eigenvalue weighted by atomic mass is 10.0. The highest BCUT2D eigenvalue weighted by molar-refractivity contribution is 5.78. The molecule has 0 spiro atoms. The van der Waals surface area contributed by atoms with Gasteiger partial charge in [-0.05, 0) is 77.7 Å². The molecule has 0 atom stereocenters. The molecule has 0 saturated carbocycles. The van der Waals surface area contributed by atoms with E-state index in [-0.39, 0.29) is 0 Å². The van der Waals surface area contributed by atoms with Crippen molar-refractivity contribution in [1.29, 1.82) is 0 Å². The van der Waals surface area contributed by atoms with Crippen molar-refractivity contribution in [3.05, 3.63) is 145 Å². The Morgan fingerprint density at radius 2 is 1.12 bits per heavy atom. The fourth-order valence-corrected chi connectivity index (χ4v) is 3.89. The van der Waals surface area contributed by atoms with Gasteiger partial charge in [0.05, 0.1) is 6.26 Å². The van der Waals surface area contributed by atoms with Crippen molar-refractivity contribution in [2.24, 2.45) is 0 Å². The second kappa shape index (κ2) is 9.88. The Balaban J connectivity index is 1.37. The van der Waals surface area contributed by atoms with Crippen LogP contribution in [-0.2, 0) is 4.74 Å². The third kappa shape index (κ3) is 4.97. The van der Waals surface area contributed by atoms with E-state index < -0.39 is 0 Å². The average molecular weight is 428 g/mol. The van der Waals surface area contributed by atoms with Gasteiger partial charge < -0.3 is 9.64 Å². The summed E-state index contributed by atoms with van der Waals surface area (Å²) in [5.41, 5.74) is 6.94. The minimum Gasteiger partial charge on any atom is -0.466 e. The molecule has 0 amide bonds. The minimum absolute atomic E-state index is 0.888. The summed E-state index contributed by atoms with van der Waals surface area (Å²) < 4.78 is 5.48. The molecular weight excluding hydrogens is 402 g/mol. The van der Waals surface area contributed by atoms with Crippen molar-refractivity contribution in [3.8, 4) is 11.1 Å². The van der Waals surface area contributed by atoms with Crippen LogP contribution >= 0.6 is 0 Å². The number of nitrogens with zero attached hydrogens (tertiary/aromatic N) is 1. The monoisotopic (exact) mass is 427 g/mol. The van der Waals surface area contributed by atoms with Gasteiger partial charge in [-0.3, -0.25) is 0 Å². The molecule has 2 heteroatoms. The second-order valence-electron chi connectivity index (χ2n) is 7.84. The Bertz CT molecular complexity index is 1230. The molecule has 1 aliphatic heterocycles. The molecule has 0 radical (unpaired) electrons. The number of para-hydroxylation sites is 2. The van der Waals surface area contributed by atoms with Crippen LogP contribution in [-0.4, -0.2) is 0 Å². The molecule has 0 bridgehead atoms. The second-order valence-corrected chi connectivity index (χ2v) is 7.84. The maximum absolute atomic E-state index is 5.48. The molecule has 1 heterocycles. The largest absolute Gasteiger partial charge is 0.466 e. The lowest BCUT2D eigenvalue weighted by molar-refractivity contribution is 0.359. The van der Waals surface area contributed by atoms with Crippen LogP contribution in [0.1, 0.15) is 12.0 Å². The van der Waals surface area contributed by atoms with Gasteiger partial charge in [0.1, 0.15) is 5.76 Å². The van der Waals surface area contributed by atoms with Crippen molar-refractivity contribution < 1.29 is 4.74 Å². The molecule has 0 saturated heterocycles. The van der Waals surface area contributed by atoms with Gasteiger partial charge in [0.15, 0.2) is 0 Å². The number of ether oxygens (including phenoxy) is 1. The van der Waals surface area contributed by atoms with Crippen LogP contribution in [0, 0.1) is 0 Å². The highest BCUT2D eigenvalue weighted by Gasteiger charge is 2.11. The fraction of sp³-hybridized carbons (Fsp3) is 0.0323. The first-order valence-electron chi connectivity index (χ1n) is 11.2. The molecule has 0 aromatic heterocycles.